The number of allylic oxidation sites excluding steroid dienone is 5. The number of hydrogen-bond acceptors (Lipinski definition) is 2. The Hall–Kier alpha value is -1.09. The Morgan fingerprint density at radius 1 is 1.29 bits per heavy atom. The van der Waals surface area contributed by atoms with Gasteiger partial charge in [0.15, 0.2) is 0 Å². The SMILES string of the molecule is C=C(F)/C=C\C(C)=C(/C)O[C@@H]1CCCCC1O. The average Bonchev–Trinajstić information content (AvgIpc) is 2.28. The van der Waals surface area contributed by atoms with Crippen LogP contribution in [-0.2, 0) is 4.74 Å². The third-order valence-corrected chi connectivity index (χ3v) is 3.07. The molecule has 96 valence electrons. The molecule has 0 bridgehead atoms. The van der Waals surface area contributed by atoms with E-state index < -0.39 is 5.83 Å². The van der Waals surface area contributed by atoms with Crippen molar-refractivity contribution in [2.75, 3.05) is 0 Å². The molecule has 1 saturated carbocycles. The van der Waals surface area contributed by atoms with E-state index in [4.69, 9.17) is 4.74 Å². The predicted octanol–water partition coefficient (Wildman–Crippen LogP) is 3.64. The molecule has 1 N–H and O–H groups in total. The minimum atomic E-state index is -0.477. The Morgan fingerprint density at radius 2 is 1.94 bits per heavy atom. The summed E-state index contributed by atoms with van der Waals surface area (Å²) in [6.07, 6.45) is 6.26. The van der Waals surface area contributed by atoms with Crippen LogP contribution in [0.3, 0.4) is 0 Å². The molecular formula is C14H21FO2. The fourth-order valence-electron chi connectivity index (χ4n) is 1.87. The van der Waals surface area contributed by atoms with Crippen LogP contribution in [0.2, 0.25) is 0 Å². The molecule has 0 aromatic heterocycles. The Bertz CT molecular complexity index is 331. The van der Waals surface area contributed by atoms with Crippen molar-refractivity contribution < 1.29 is 14.2 Å². The molecule has 1 aliphatic rings. The first-order valence-corrected chi connectivity index (χ1v) is 6.05. The van der Waals surface area contributed by atoms with E-state index in [1.807, 2.05) is 13.8 Å². The summed E-state index contributed by atoms with van der Waals surface area (Å²) in [5.41, 5.74) is 0.849. The summed E-state index contributed by atoms with van der Waals surface area (Å²) in [7, 11) is 0. The number of aliphatic hydroxyl groups excluding tert-OH is 1. The summed E-state index contributed by atoms with van der Waals surface area (Å²) in [5, 5.41) is 9.78. The van der Waals surface area contributed by atoms with Crippen molar-refractivity contribution in [2.45, 2.75) is 51.7 Å². The molecule has 0 amide bonds. The van der Waals surface area contributed by atoms with E-state index in [1.165, 1.54) is 6.08 Å². The minimum Gasteiger partial charge on any atom is -0.492 e. The van der Waals surface area contributed by atoms with Crippen LogP contribution in [0.1, 0.15) is 39.5 Å². The number of rotatable bonds is 4. The highest BCUT2D eigenvalue weighted by molar-refractivity contribution is 5.23. The third kappa shape index (κ3) is 4.73. The van der Waals surface area contributed by atoms with E-state index in [0.717, 1.165) is 37.0 Å². The van der Waals surface area contributed by atoms with Crippen LogP contribution in [0.15, 0.2) is 35.9 Å². The van der Waals surface area contributed by atoms with Gasteiger partial charge >= 0.3 is 0 Å². The zero-order chi connectivity index (χ0) is 12.8. The second-order valence-corrected chi connectivity index (χ2v) is 4.53. The van der Waals surface area contributed by atoms with Crippen LogP contribution >= 0.6 is 0 Å². The van der Waals surface area contributed by atoms with Gasteiger partial charge in [0.2, 0.25) is 0 Å². The predicted molar refractivity (Wildman–Crippen MR) is 67.1 cm³/mol. The largest absolute Gasteiger partial charge is 0.492 e. The first kappa shape index (κ1) is 14.0. The molecule has 0 spiro atoms. The molecule has 0 radical (unpaired) electrons. The lowest BCUT2D eigenvalue weighted by molar-refractivity contribution is -0.0291. The molecule has 1 aliphatic carbocycles. The second kappa shape index (κ2) is 6.60. The fraction of sp³-hybridized carbons (Fsp3) is 0.571. The van der Waals surface area contributed by atoms with E-state index >= 15 is 0 Å². The standard InChI is InChI=1S/C14H21FO2/c1-10(8-9-11(2)15)12(3)17-14-7-5-4-6-13(14)16/h8-9,13-14,16H,2,4-7H2,1,3H3/b9-8-,12-10+/t13?,14-/m1/s1. The van der Waals surface area contributed by atoms with Gasteiger partial charge in [0.1, 0.15) is 11.9 Å². The summed E-state index contributed by atoms with van der Waals surface area (Å²) in [6.45, 7) is 6.84. The van der Waals surface area contributed by atoms with Crippen molar-refractivity contribution in [3.05, 3.63) is 35.9 Å². The van der Waals surface area contributed by atoms with Crippen molar-refractivity contribution in [2.24, 2.45) is 0 Å². The van der Waals surface area contributed by atoms with Crippen LogP contribution in [0.5, 0.6) is 0 Å². The zero-order valence-electron chi connectivity index (χ0n) is 10.6. The van der Waals surface area contributed by atoms with Gasteiger partial charge in [0.05, 0.1) is 11.9 Å². The maximum Gasteiger partial charge on any atom is 0.124 e. The van der Waals surface area contributed by atoms with Crippen molar-refractivity contribution in [1.82, 2.24) is 0 Å². The van der Waals surface area contributed by atoms with Crippen molar-refractivity contribution >= 4 is 0 Å². The Balaban J connectivity index is 2.59. The highest BCUT2D eigenvalue weighted by Crippen LogP contribution is 2.24. The van der Waals surface area contributed by atoms with Gasteiger partial charge in [-0.3, -0.25) is 0 Å². The Morgan fingerprint density at radius 3 is 2.53 bits per heavy atom. The first-order valence-electron chi connectivity index (χ1n) is 6.05. The van der Waals surface area contributed by atoms with Crippen LogP contribution < -0.4 is 0 Å². The first-order chi connectivity index (χ1) is 8.00. The number of aliphatic hydroxyl groups is 1. The molecule has 1 rings (SSSR count). The second-order valence-electron chi connectivity index (χ2n) is 4.53. The Kier molecular flexibility index (Phi) is 5.42. The molecule has 17 heavy (non-hydrogen) atoms. The van der Waals surface area contributed by atoms with Crippen molar-refractivity contribution in [1.29, 1.82) is 0 Å². The summed E-state index contributed by atoms with van der Waals surface area (Å²) >= 11 is 0. The zero-order valence-corrected chi connectivity index (χ0v) is 10.6. The molecule has 2 nitrogen and oxygen atoms in total. The Labute approximate surface area is 102 Å². The summed E-state index contributed by atoms with van der Waals surface area (Å²) in [6, 6.07) is 0. The van der Waals surface area contributed by atoms with Gasteiger partial charge in [-0.1, -0.05) is 19.1 Å². The van der Waals surface area contributed by atoms with Crippen LogP contribution in [0.25, 0.3) is 0 Å². The fourth-order valence-corrected chi connectivity index (χ4v) is 1.87. The maximum atomic E-state index is 12.5. The topological polar surface area (TPSA) is 29.5 Å². The van der Waals surface area contributed by atoms with Crippen LogP contribution in [0.4, 0.5) is 4.39 Å². The van der Waals surface area contributed by atoms with Gasteiger partial charge in [-0.15, -0.1) is 0 Å². The van der Waals surface area contributed by atoms with E-state index in [0.29, 0.717) is 0 Å². The normalized spacial score (nSPS) is 26.8. The van der Waals surface area contributed by atoms with Crippen LogP contribution in [0, 0.1) is 0 Å². The minimum absolute atomic E-state index is 0.124. The van der Waals surface area contributed by atoms with Gasteiger partial charge in [-0.05, 0) is 44.8 Å². The molecule has 2 atom stereocenters. The number of halogens is 1. The molecule has 1 fully saturated rings. The molecule has 0 aliphatic heterocycles. The van der Waals surface area contributed by atoms with Gasteiger partial charge in [0.25, 0.3) is 0 Å². The smallest absolute Gasteiger partial charge is 0.124 e. The lowest BCUT2D eigenvalue weighted by atomic mass is 9.95. The highest BCUT2D eigenvalue weighted by atomic mass is 19.1. The summed E-state index contributed by atoms with van der Waals surface area (Å²) in [5.74, 6) is 0.253. The van der Waals surface area contributed by atoms with Crippen molar-refractivity contribution in [3.8, 4) is 0 Å². The molecule has 0 aromatic carbocycles. The molecule has 0 aromatic rings. The van der Waals surface area contributed by atoms with Crippen LogP contribution in [-0.4, -0.2) is 17.3 Å². The van der Waals surface area contributed by atoms with Gasteiger partial charge < -0.3 is 9.84 Å². The molecule has 0 heterocycles. The summed E-state index contributed by atoms with van der Waals surface area (Å²) < 4.78 is 18.2. The maximum absolute atomic E-state index is 12.5. The third-order valence-electron chi connectivity index (χ3n) is 3.07. The van der Waals surface area contributed by atoms with E-state index in [2.05, 4.69) is 6.58 Å². The molecule has 0 saturated heterocycles. The monoisotopic (exact) mass is 240 g/mol. The quantitative estimate of drug-likeness (QED) is 0.600. The molecular weight excluding hydrogens is 219 g/mol. The average molecular weight is 240 g/mol. The number of hydrogen-bond donors (Lipinski definition) is 1. The van der Waals surface area contributed by atoms with E-state index in [1.54, 1.807) is 6.08 Å². The van der Waals surface area contributed by atoms with Gasteiger partial charge in [0, 0.05) is 0 Å². The lowest BCUT2D eigenvalue weighted by Gasteiger charge is -2.28. The van der Waals surface area contributed by atoms with Crippen molar-refractivity contribution in [3.63, 3.8) is 0 Å². The lowest BCUT2D eigenvalue weighted by Crippen LogP contribution is -2.31. The summed E-state index contributed by atoms with van der Waals surface area (Å²) in [4.78, 5) is 0. The van der Waals surface area contributed by atoms with Gasteiger partial charge in [-0.2, -0.15) is 0 Å². The highest BCUT2D eigenvalue weighted by Gasteiger charge is 2.24. The van der Waals surface area contributed by atoms with Gasteiger partial charge in [-0.25, -0.2) is 4.39 Å². The molecule has 3 heteroatoms. The number of ether oxygens (including phenoxy) is 1. The van der Waals surface area contributed by atoms with E-state index in [9.17, 15) is 9.50 Å². The van der Waals surface area contributed by atoms with E-state index in [-0.39, 0.29) is 12.2 Å². The molecule has 1 unspecified atom stereocenters.